The summed E-state index contributed by atoms with van der Waals surface area (Å²) in [5.74, 6) is -0.235. The molecule has 0 aromatic heterocycles. The lowest BCUT2D eigenvalue weighted by Crippen LogP contribution is -2.13. The van der Waals surface area contributed by atoms with E-state index in [2.05, 4.69) is 27.7 Å². The van der Waals surface area contributed by atoms with Crippen LogP contribution < -0.4 is 4.74 Å². The molecule has 0 aliphatic heterocycles. The summed E-state index contributed by atoms with van der Waals surface area (Å²) in [6.45, 7) is 9.06. The molecule has 0 radical (unpaired) electrons. The van der Waals surface area contributed by atoms with E-state index in [1.807, 2.05) is 12.1 Å². The number of carbonyl (C=O) groups is 2. The summed E-state index contributed by atoms with van der Waals surface area (Å²) in [6, 6.07) is 7.50. The van der Waals surface area contributed by atoms with Crippen molar-refractivity contribution in [2.75, 3.05) is 6.61 Å². The molecule has 0 saturated carbocycles. The van der Waals surface area contributed by atoms with Gasteiger partial charge in [0.2, 0.25) is 0 Å². The highest BCUT2D eigenvalue weighted by Gasteiger charge is 2.14. The number of unbranched alkanes of at least 4 members (excludes halogenated alkanes) is 7. The van der Waals surface area contributed by atoms with Gasteiger partial charge in [-0.25, -0.2) is 0 Å². The van der Waals surface area contributed by atoms with Crippen LogP contribution >= 0.6 is 0 Å². The highest BCUT2D eigenvalue weighted by Crippen LogP contribution is 2.24. The Morgan fingerprint density at radius 2 is 1.32 bits per heavy atom. The molecule has 4 nitrogen and oxygen atoms in total. The molecule has 0 unspecified atom stereocenters. The van der Waals surface area contributed by atoms with Gasteiger partial charge >= 0.3 is 11.9 Å². The Hall–Kier alpha value is -1.84. The summed E-state index contributed by atoms with van der Waals surface area (Å²) in [5, 5.41) is 0. The number of ether oxygens (including phenoxy) is 2. The van der Waals surface area contributed by atoms with Gasteiger partial charge in [-0.1, -0.05) is 84.8 Å². The molecule has 0 fully saturated rings. The minimum atomic E-state index is -0.410. The highest BCUT2D eigenvalue weighted by atomic mass is 16.5. The van der Waals surface area contributed by atoms with Gasteiger partial charge in [0.25, 0.3) is 0 Å². The number of rotatable bonds is 13. The summed E-state index contributed by atoms with van der Waals surface area (Å²) < 4.78 is 10.5. The molecule has 1 rings (SSSR count). The molecule has 0 saturated heterocycles. The van der Waals surface area contributed by atoms with Gasteiger partial charge in [0, 0.05) is 0 Å². The Bertz CT molecular complexity index is 569. The van der Waals surface area contributed by atoms with Crippen molar-refractivity contribution in [3.63, 3.8) is 0 Å². The molecule has 0 heterocycles. The maximum absolute atomic E-state index is 11.9. The van der Waals surface area contributed by atoms with Gasteiger partial charge in [-0.2, -0.15) is 0 Å². The van der Waals surface area contributed by atoms with Crippen molar-refractivity contribution in [3.8, 4) is 5.75 Å². The van der Waals surface area contributed by atoms with E-state index >= 15 is 0 Å². The van der Waals surface area contributed by atoms with Crippen molar-refractivity contribution >= 4 is 11.9 Å². The van der Waals surface area contributed by atoms with Crippen LogP contribution in [0.1, 0.15) is 97.5 Å². The van der Waals surface area contributed by atoms with Crippen molar-refractivity contribution in [2.45, 2.75) is 97.3 Å². The normalized spacial score (nSPS) is 11.3. The summed E-state index contributed by atoms with van der Waals surface area (Å²) in [5.41, 5.74) is 1.23. The second-order valence-electron chi connectivity index (χ2n) is 8.44. The van der Waals surface area contributed by atoms with Crippen LogP contribution in [0.2, 0.25) is 0 Å². The van der Waals surface area contributed by atoms with E-state index in [4.69, 9.17) is 9.47 Å². The molecule has 0 aliphatic rings. The van der Waals surface area contributed by atoms with Crippen LogP contribution in [0.3, 0.4) is 0 Å². The van der Waals surface area contributed by atoms with Gasteiger partial charge in [0.1, 0.15) is 5.75 Å². The Morgan fingerprint density at radius 1 is 0.786 bits per heavy atom. The largest absolute Gasteiger partial charge is 0.466 e. The van der Waals surface area contributed by atoms with Gasteiger partial charge in [-0.05, 0) is 29.5 Å². The predicted octanol–water partition coefficient (Wildman–Crippen LogP) is 6.35. The third kappa shape index (κ3) is 11.1. The molecule has 0 spiro atoms. The number of hydrogen-bond donors (Lipinski definition) is 0. The first-order chi connectivity index (χ1) is 13.3. The molecule has 0 bridgehead atoms. The van der Waals surface area contributed by atoms with Crippen molar-refractivity contribution < 1.29 is 19.1 Å². The Morgan fingerprint density at radius 3 is 1.89 bits per heavy atom. The van der Waals surface area contributed by atoms with Gasteiger partial charge < -0.3 is 9.47 Å². The molecule has 0 atom stereocenters. The van der Waals surface area contributed by atoms with Gasteiger partial charge in [0.05, 0.1) is 19.4 Å². The topological polar surface area (TPSA) is 52.6 Å². The third-order valence-corrected chi connectivity index (χ3v) is 4.75. The van der Waals surface area contributed by atoms with E-state index in [9.17, 15) is 9.59 Å². The van der Waals surface area contributed by atoms with Crippen LogP contribution in [0.5, 0.6) is 5.75 Å². The van der Waals surface area contributed by atoms with Crippen LogP contribution in [0, 0.1) is 0 Å². The quantitative estimate of drug-likeness (QED) is 0.224. The molecular formula is C24H38O4. The van der Waals surface area contributed by atoms with Crippen LogP contribution in [0.4, 0.5) is 0 Å². The fourth-order valence-corrected chi connectivity index (χ4v) is 2.90. The second-order valence-corrected chi connectivity index (χ2v) is 8.44. The SMILES string of the molecule is CCCCCCCCCCOC(=O)CCC(=O)Oc1ccc(C(C)(C)C)cc1. The van der Waals surface area contributed by atoms with Crippen LogP contribution in [-0.4, -0.2) is 18.5 Å². The van der Waals surface area contributed by atoms with E-state index in [1.54, 1.807) is 12.1 Å². The van der Waals surface area contributed by atoms with Crippen molar-refractivity contribution in [3.05, 3.63) is 29.8 Å². The average molecular weight is 391 g/mol. The summed E-state index contributed by atoms with van der Waals surface area (Å²) in [6.07, 6.45) is 9.76. The van der Waals surface area contributed by atoms with E-state index in [1.165, 1.54) is 44.1 Å². The molecule has 0 amide bonds. The van der Waals surface area contributed by atoms with E-state index in [0.29, 0.717) is 12.4 Å². The zero-order valence-corrected chi connectivity index (χ0v) is 18.2. The fourth-order valence-electron chi connectivity index (χ4n) is 2.90. The first-order valence-corrected chi connectivity index (χ1v) is 10.8. The van der Waals surface area contributed by atoms with Gasteiger partial charge in [-0.3, -0.25) is 9.59 Å². The maximum atomic E-state index is 11.9. The Labute approximate surface area is 171 Å². The molecule has 158 valence electrons. The smallest absolute Gasteiger partial charge is 0.311 e. The average Bonchev–Trinajstić information content (AvgIpc) is 2.65. The number of hydrogen-bond acceptors (Lipinski definition) is 4. The maximum Gasteiger partial charge on any atom is 0.311 e. The number of esters is 2. The second kappa shape index (κ2) is 13.4. The lowest BCUT2D eigenvalue weighted by molar-refractivity contribution is -0.147. The summed E-state index contributed by atoms with van der Waals surface area (Å²) >= 11 is 0. The molecule has 0 N–H and O–H groups in total. The summed E-state index contributed by atoms with van der Waals surface area (Å²) in [7, 11) is 0. The zero-order valence-electron chi connectivity index (χ0n) is 18.2. The van der Waals surface area contributed by atoms with Crippen molar-refractivity contribution in [1.29, 1.82) is 0 Å². The molecule has 0 aliphatic carbocycles. The number of carbonyl (C=O) groups excluding carboxylic acids is 2. The van der Waals surface area contributed by atoms with Crippen LogP contribution in [-0.2, 0) is 19.7 Å². The van der Waals surface area contributed by atoms with E-state index in [0.717, 1.165) is 12.8 Å². The first kappa shape index (κ1) is 24.2. The molecule has 1 aromatic carbocycles. The number of benzene rings is 1. The minimum absolute atomic E-state index is 0.0390. The van der Waals surface area contributed by atoms with Crippen molar-refractivity contribution in [1.82, 2.24) is 0 Å². The molecule has 1 aromatic rings. The summed E-state index contributed by atoms with van der Waals surface area (Å²) in [4.78, 5) is 23.6. The molecule has 4 heteroatoms. The fraction of sp³-hybridized carbons (Fsp3) is 0.667. The van der Waals surface area contributed by atoms with Crippen molar-refractivity contribution in [2.24, 2.45) is 0 Å². The van der Waals surface area contributed by atoms with Crippen LogP contribution in [0.25, 0.3) is 0 Å². The molecular weight excluding hydrogens is 352 g/mol. The Balaban J connectivity index is 2.10. The molecule has 28 heavy (non-hydrogen) atoms. The highest BCUT2D eigenvalue weighted by molar-refractivity contribution is 5.79. The standard InChI is InChI=1S/C24H38O4/c1-5-6-7-8-9-10-11-12-19-27-22(25)17-18-23(26)28-21-15-13-20(14-16-21)24(2,3)4/h13-16H,5-12,17-19H2,1-4H3. The third-order valence-electron chi connectivity index (χ3n) is 4.75. The zero-order chi connectivity index (χ0) is 20.8. The lowest BCUT2D eigenvalue weighted by Gasteiger charge is -2.18. The first-order valence-electron chi connectivity index (χ1n) is 10.8. The monoisotopic (exact) mass is 390 g/mol. The minimum Gasteiger partial charge on any atom is -0.466 e. The van der Waals surface area contributed by atoms with Gasteiger partial charge in [0.15, 0.2) is 0 Å². The Kier molecular flexibility index (Phi) is 11.5. The lowest BCUT2D eigenvalue weighted by atomic mass is 9.87. The van der Waals surface area contributed by atoms with E-state index in [-0.39, 0.29) is 24.2 Å². The predicted molar refractivity (Wildman–Crippen MR) is 114 cm³/mol. The van der Waals surface area contributed by atoms with Crippen LogP contribution in [0.15, 0.2) is 24.3 Å². The van der Waals surface area contributed by atoms with E-state index < -0.39 is 5.97 Å². The van der Waals surface area contributed by atoms with Gasteiger partial charge in [-0.15, -0.1) is 0 Å².